The molecule has 0 spiro atoms. The summed E-state index contributed by atoms with van der Waals surface area (Å²) in [5.41, 5.74) is 0. The summed E-state index contributed by atoms with van der Waals surface area (Å²) in [6.07, 6.45) is 40.7. The highest BCUT2D eigenvalue weighted by Gasteiger charge is 2.19. The van der Waals surface area contributed by atoms with Gasteiger partial charge in [-0.15, -0.1) is 0 Å². The molecule has 0 aromatic heterocycles. The van der Waals surface area contributed by atoms with Crippen molar-refractivity contribution < 1.29 is 0 Å². The lowest BCUT2D eigenvalue weighted by molar-refractivity contribution is 0.222. The molecule has 2 heteroatoms. The molecule has 0 saturated heterocycles. The first kappa shape index (κ1) is 37.9. The van der Waals surface area contributed by atoms with Crippen LogP contribution in [-0.4, -0.2) is 49.1 Å². The molecule has 0 bridgehead atoms. The summed E-state index contributed by atoms with van der Waals surface area (Å²) in [5, 5.41) is 0. The van der Waals surface area contributed by atoms with Crippen molar-refractivity contribution in [3.63, 3.8) is 0 Å². The van der Waals surface area contributed by atoms with Crippen LogP contribution < -0.4 is 0 Å². The molecular formula is C38H78N2. The van der Waals surface area contributed by atoms with Crippen LogP contribution in [0.3, 0.4) is 0 Å². The topological polar surface area (TPSA) is 6.48 Å². The van der Waals surface area contributed by atoms with Crippen molar-refractivity contribution in [2.45, 2.75) is 201 Å². The van der Waals surface area contributed by atoms with E-state index in [1.54, 1.807) is 0 Å². The highest BCUT2D eigenvalue weighted by molar-refractivity contribution is 4.72. The van der Waals surface area contributed by atoms with E-state index in [4.69, 9.17) is 0 Å². The average molecular weight is 563 g/mol. The summed E-state index contributed by atoms with van der Waals surface area (Å²) in [4.78, 5) is 5.58. The summed E-state index contributed by atoms with van der Waals surface area (Å²) in [6, 6.07) is 0. The van der Waals surface area contributed by atoms with E-state index in [2.05, 4.69) is 30.6 Å². The highest BCUT2D eigenvalue weighted by Crippen LogP contribution is 2.34. The van der Waals surface area contributed by atoms with E-state index in [1.165, 1.54) is 219 Å². The molecule has 40 heavy (non-hydrogen) atoms. The lowest BCUT2D eigenvalue weighted by atomic mass is 10.1. The summed E-state index contributed by atoms with van der Waals surface area (Å²) >= 11 is 0. The maximum atomic E-state index is 2.85. The molecule has 2 nitrogen and oxygen atoms in total. The van der Waals surface area contributed by atoms with Gasteiger partial charge in [-0.3, -0.25) is 0 Å². The van der Waals surface area contributed by atoms with Crippen molar-refractivity contribution in [2.75, 3.05) is 39.3 Å². The van der Waals surface area contributed by atoms with Crippen LogP contribution in [0.2, 0.25) is 0 Å². The number of nitrogens with zero attached hydrogens (tertiary/aromatic N) is 2. The zero-order valence-corrected chi connectivity index (χ0v) is 28.5. The number of hydrogen-bond acceptors (Lipinski definition) is 2. The van der Waals surface area contributed by atoms with E-state index >= 15 is 0 Å². The Morgan fingerprint density at radius 1 is 0.350 bits per heavy atom. The standard InChI is InChI=1S/C38H78N2/c1-4-7-9-11-13-15-17-19-22-27-34-40(35-28-23-20-18-16-14-12-10-8-5-2)37-29-36-39(6-3)33-26-24-21-25-30-38-31-32-38/h38H,4-37H2,1-3H3. The first-order valence-electron chi connectivity index (χ1n) is 19.2. The minimum absolute atomic E-state index is 1.12. The number of hydrogen-bond donors (Lipinski definition) is 0. The van der Waals surface area contributed by atoms with Gasteiger partial charge in [-0.1, -0.05) is 175 Å². The largest absolute Gasteiger partial charge is 0.304 e. The van der Waals surface area contributed by atoms with Crippen molar-refractivity contribution in [1.29, 1.82) is 0 Å². The average Bonchev–Trinajstić information content (AvgIpc) is 3.80. The normalized spacial score (nSPS) is 13.7. The Hall–Kier alpha value is -0.0800. The monoisotopic (exact) mass is 563 g/mol. The predicted molar refractivity (Wildman–Crippen MR) is 183 cm³/mol. The van der Waals surface area contributed by atoms with Crippen molar-refractivity contribution in [3.05, 3.63) is 0 Å². The fourth-order valence-corrected chi connectivity index (χ4v) is 6.46. The molecule has 0 aromatic rings. The summed E-state index contributed by atoms with van der Waals surface area (Å²) in [7, 11) is 0. The van der Waals surface area contributed by atoms with Crippen LogP contribution >= 0.6 is 0 Å². The molecule has 0 unspecified atom stereocenters. The first-order valence-corrected chi connectivity index (χ1v) is 19.2. The number of rotatable bonds is 34. The van der Waals surface area contributed by atoms with Gasteiger partial charge < -0.3 is 9.80 Å². The Bertz CT molecular complexity index is 450. The van der Waals surface area contributed by atoms with Gasteiger partial charge in [-0.2, -0.15) is 0 Å². The second-order valence-electron chi connectivity index (χ2n) is 13.6. The summed E-state index contributed by atoms with van der Waals surface area (Å²) in [5.74, 6) is 1.12. The molecule has 1 saturated carbocycles. The highest BCUT2D eigenvalue weighted by atomic mass is 15.1. The Labute approximate surface area is 255 Å². The summed E-state index contributed by atoms with van der Waals surface area (Å²) < 4.78 is 0. The van der Waals surface area contributed by atoms with Crippen LogP contribution in [0.4, 0.5) is 0 Å². The Kier molecular flexibility index (Phi) is 28.8. The van der Waals surface area contributed by atoms with Crippen molar-refractivity contribution in [3.8, 4) is 0 Å². The third-order valence-electron chi connectivity index (χ3n) is 9.59. The van der Waals surface area contributed by atoms with Gasteiger partial charge in [0.05, 0.1) is 0 Å². The molecule has 1 rings (SSSR count). The maximum Gasteiger partial charge on any atom is -0.000655 e. The molecule has 0 heterocycles. The lowest BCUT2D eigenvalue weighted by Crippen LogP contribution is -2.32. The molecular weight excluding hydrogens is 484 g/mol. The van der Waals surface area contributed by atoms with E-state index in [1.807, 2.05) is 0 Å². The van der Waals surface area contributed by atoms with Crippen LogP contribution in [0, 0.1) is 5.92 Å². The zero-order chi connectivity index (χ0) is 28.8. The van der Waals surface area contributed by atoms with E-state index in [-0.39, 0.29) is 0 Å². The van der Waals surface area contributed by atoms with E-state index in [9.17, 15) is 0 Å². The third kappa shape index (κ3) is 26.8. The Balaban J connectivity index is 2.16. The molecule has 0 radical (unpaired) electrons. The predicted octanol–water partition coefficient (Wildman–Crippen LogP) is 12.2. The quantitative estimate of drug-likeness (QED) is 0.0719. The van der Waals surface area contributed by atoms with Gasteiger partial charge >= 0.3 is 0 Å². The van der Waals surface area contributed by atoms with Gasteiger partial charge in [0.1, 0.15) is 0 Å². The van der Waals surface area contributed by atoms with Crippen molar-refractivity contribution >= 4 is 0 Å². The molecule has 1 fully saturated rings. The third-order valence-corrected chi connectivity index (χ3v) is 9.59. The first-order chi connectivity index (χ1) is 19.8. The van der Waals surface area contributed by atoms with Gasteiger partial charge in [0.2, 0.25) is 0 Å². The molecule has 0 N–H and O–H groups in total. The van der Waals surface area contributed by atoms with E-state index in [0.29, 0.717) is 0 Å². The molecule has 0 atom stereocenters. The SMILES string of the molecule is CCCCCCCCCCCCN(CCCCCCCCCCCC)CCCN(CC)CCCCCCC1CC1. The van der Waals surface area contributed by atoms with Crippen LogP contribution in [0.15, 0.2) is 0 Å². The van der Waals surface area contributed by atoms with Gasteiger partial charge in [0, 0.05) is 0 Å². The fraction of sp³-hybridized carbons (Fsp3) is 1.00. The van der Waals surface area contributed by atoms with Crippen molar-refractivity contribution in [1.82, 2.24) is 9.80 Å². The van der Waals surface area contributed by atoms with E-state index in [0.717, 1.165) is 5.92 Å². The Morgan fingerprint density at radius 3 is 1.07 bits per heavy atom. The summed E-state index contributed by atoms with van der Waals surface area (Å²) in [6.45, 7) is 14.9. The Morgan fingerprint density at radius 2 is 0.675 bits per heavy atom. The fourth-order valence-electron chi connectivity index (χ4n) is 6.46. The second kappa shape index (κ2) is 30.4. The van der Waals surface area contributed by atoms with Crippen LogP contribution in [0.25, 0.3) is 0 Å². The van der Waals surface area contributed by atoms with Gasteiger partial charge in [-0.05, 0) is 70.9 Å². The smallest absolute Gasteiger partial charge is 0.000655 e. The molecule has 1 aliphatic rings. The van der Waals surface area contributed by atoms with Crippen LogP contribution in [0.1, 0.15) is 201 Å². The molecule has 0 aliphatic heterocycles. The van der Waals surface area contributed by atoms with E-state index < -0.39 is 0 Å². The second-order valence-corrected chi connectivity index (χ2v) is 13.6. The molecule has 0 amide bonds. The lowest BCUT2D eigenvalue weighted by Gasteiger charge is -2.25. The van der Waals surface area contributed by atoms with Gasteiger partial charge in [0.25, 0.3) is 0 Å². The molecule has 1 aliphatic carbocycles. The van der Waals surface area contributed by atoms with Gasteiger partial charge in [0.15, 0.2) is 0 Å². The number of unbranched alkanes of at least 4 members (excludes halogenated alkanes) is 21. The molecule has 240 valence electrons. The van der Waals surface area contributed by atoms with Crippen LogP contribution in [0.5, 0.6) is 0 Å². The van der Waals surface area contributed by atoms with Crippen LogP contribution in [-0.2, 0) is 0 Å². The minimum Gasteiger partial charge on any atom is -0.304 e. The van der Waals surface area contributed by atoms with Gasteiger partial charge in [-0.25, -0.2) is 0 Å². The zero-order valence-electron chi connectivity index (χ0n) is 28.5. The maximum absolute atomic E-state index is 2.85. The minimum atomic E-state index is 1.12. The van der Waals surface area contributed by atoms with Crippen molar-refractivity contribution in [2.24, 2.45) is 5.92 Å². The molecule has 0 aromatic carbocycles.